The first-order chi connectivity index (χ1) is 12.4. The zero-order valence-corrected chi connectivity index (χ0v) is 19.7. The number of ether oxygens (including phenoxy) is 1. The highest BCUT2D eigenvalue weighted by atomic mass is 127. The van der Waals surface area contributed by atoms with Gasteiger partial charge in [-0.1, -0.05) is 13.8 Å². The number of hydrogen-bond donors (Lipinski definition) is 2. The number of aliphatic hydroxyl groups is 1. The van der Waals surface area contributed by atoms with Crippen molar-refractivity contribution in [3.63, 3.8) is 0 Å². The standard InChI is InChI=1S/C19H35N5O2.HI/c1-6-20-18(21-13-19(14-25)7-9-26-10-8-19)23(4)11-16-12-24(5)22-17(16)15(2)3;/h12,15,25H,6-11,13-14H2,1-5H3,(H,20,21);1H. The molecule has 2 heterocycles. The van der Waals surface area contributed by atoms with Gasteiger partial charge in [-0.2, -0.15) is 5.10 Å². The molecule has 1 aliphatic heterocycles. The Morgan fingerprint density at radius 2 is 2.11 bits per heavy atom. The van der Waals surface area contributed by atoms with Crippen LogP contribution in [0.4, 0.5) is 0 Å². The van der Waals surface area contributed by atoms with Crippen molar-refractivity contribution in [3.05, 3.63) is 17.5 Å². The van der Waals surface area contributed by atoms with Crippen LogP contribution in [0.5, 0.6) is 0 Å². The first kappa shape index (κ1) is 24.2. The summed E-state index contributed by atoms with van der Waals surface area (Å²) in [7, 11) is 4.01. The highest BCUT2D eigenvalue weighted by molar-refractivity contribution is 14.0. The Morgan fingerprint density at radius 1 is 1.44 bits per heavy atom. The molecule has 0 aliphatic carbocycles. The number of nitrogens with zero attached hydrogens (tertiary/aromatic N) is 4. The van der Waals surface area contributed by atoms with Crippen LogP contribution < -0.4 is 5.32 Å². The van der Waals surface area contributed by atoms with Crippen LogP contribution in [0.2, 0.25) is 0 Å². The van der Waals surface area contributed by atoms with E-state index in [0.29, 0.717) is 25.7 Å². The lowest BCUT2D eigenvalue weighted by atomic mass is 9.81. The summed E-state index contributed by atoms with van der Waals surface area (Å²) >= 11 is 0. The van der Waals surface area contributed by atoms with Gasteiger partial charge < -0.3 is 20.1 Å². The second-order valence-electron chi connectivity index (χ2n) is 7.66. The van der Waals surface area contributed by atoms with E-state index in [9.17, 15) is 5.11 Å². The van der Waals surface area contributed by atoms with Crippen LogP contribution in [0.25, 0.3) is 0 Å². The number of nitrogens with one attached hydrogen (secondary N) is 1. The molecule has 0 aromatic carbocycles. The van der Waals surface area contributed by atoms with Crippen LogP contribution in [-0.2, 0) is 18.3 Å². The van der Waals surface area contributed by atoms with Crippen LogP contribution in [0.15, 0.2) is 11.2 Å². The Labute approximate surface area is 180 Å². The molecular weight excluding hydrogens is 457 g/mol. The van der Waals surface area contributed by atoms with Crippen LogP contribution >= 0.6 is 24.0 Å². The Bertz CT molecular complexity index is 597. The minimum atomic E-state index is -0.156. The van der Waals surface area contributed by atoms with Crippen molar-refractivity contribution in [1.82, 2.24) is 20.0 Å². The molecule has 156 valence electrons. The van der Waals surface area contributed by atoms with Gasteiger partial charge in [0.1, 0.15) is 0 Å². The number of aromatic nitrogens is 2. The molecule has 1 aliphatic rings. The molecule has 1 aromatic rings. The molecule has 2 N–H and O–H groups in total. The SMILES string of the molecule is CCNC(=NCC1(CO)CCOCC1)N(C)Cc1cn(C)nc1C(C)C.I. The predicted octanol–water partition coefficient (Wildman–Crippen LogP) is 2.35. The zero-order valence-electron chi connectivity index (χ0n) is 17.4. The van der Waals surface area contributed by atoms with Crippen molar-refractivity contribution in [2.45, 2.75) is 46.1 Å². The lowest BCUT2D eigenvalue weighted by Gasteiger charge is -2.34. The second kappa shape index (κ2) is 11.2. The van der Waals surface area contributed by atoms with E-state index in [2.05, 4.69) is 42.3 Å². The summed E-state index contributed by atoms with van der Waals surface area (Å²) in [4.78, 5) is 6.98. The number of halogens is 1. The average Bonchev–Trinajstić information content (AvgIpc) is 2.99. The third-order valence-corrected chi connectivity index (χ3v) is 5.04. The van der Waals surface area contributed by atoms with E-state index in [1.165, 1.54) is 5.56 Å². The number of aliphatic hydroxyl groups excluding tert-OH is 1. The van der Waals surface area contributed by atoms with E-state index in [1.54, 1.807) is 0 Å². The zero-order chi connectivity index (χ0) is 19.2. The topological polar surface area (TPSA) is 74.9 Å². The van der Waals surface area contributed by atoms with E-state index in [-0.39, 0.29) is 36.0 Å². The quantitative estimate of drug-likeness (QED) is 0.347. The highest BCUT2D eigenvalue weighted by Gasteiger charge is 2.32. The largest absolute Gasteiger partial charge is 0.396 e. The maximum atomic E-state index is 9.89. The summed E-state index contributed by atoms with van der Waals surface area (Å²) < 4.78 is 7.33. The number of aliphatic imine (C=N–C) groups is 1. The van der Waals surface area contributed by atoms with Crippen molar-refractivity contribution >= 4 is 29.9 Å². The van der Waals surface area contributed by atoms with Gasteiger partial charge in [0.15, 0.2) is 5.96 Å². The predicted molar refractivity (Wildman–Crippen MR) is 120 cm³/mol. The molecular formula is C19H36IN5O2. The molecule has 0 bridgehead atoms. The summed E-state index contributed by atoms with van der Waals surface area (Å²) in [5.41, 5.74) is 2.20. The molecule has 0 unspecified atom stereocenters. The first-order valence-electron chi connectivity index (χ1n) is 9.61. The molecule has 0 saturated carbocycles. The van der Waals surface area contributed by atoms with Gasteiger partial charge in [-0.3, -0.25) is 9.67 Å². The average molecular weight is 493 g/mol. The van der Waals surface area contributed by atoms with Gasteiger partial charge in [0.2, 0.25) is 0 Å². The van der Waals surface area contributed by atoms with E-state index < -0.39 is 0 Å². The van der Waals surface area contributed by atoms with Crippen molar-refractivity contribution in [3.8, 4) is 0 Å². The van der Waals surface area contributed by atoms with Crippen molar-refractivity contribution in [1.29, 1.82) is 0 Å². The molecule has 0 atom stereocenters. The summed E-state index contributed by atoms with van der Waals surface area (Å²) in [5.74, 6) is 1.25. The second-order valence-corrected chi connectivity index (χ2v) is 7.66. The fourth-order valence-electron chi connectivity index (χ4n) is 3.38. The third-order valence-electron chi connectivity index (χ3n) is 5.04. The normalized spacial score (nSPS) is 16.9. The summed E-state index contributed by atoms with van der Waals surface area (Å²) in [6.07, 6.45) is 3.80. The molecule has 7 nitrogen and oxygen atoms in total. The van der Waals surface area contributed by atoms with Crippen molar-refractivity contribution in [2.75, 3.05) is 40.0 Å². The number of hydrogen-bond acceptors (Lipinski definition) is 4. The maximum absolute atomic E-state index is 9.89. The van der Waals surface area contributed by atoms with Crippen LogP contribution in [-0.4, -0.2) is 65.7 Å². The minimum absolute atomic E-state index is 0. The van der Waals surface area contributed by atoms with Crippen molar-refractivity contribution < 1.29 is 9.84 Å². The van der Waals surface area contributed by atoms with Gasteiger partial charge in [0.25, 0.3) is 0 Å². The van der Waals surface area contributed by atoms with E-state index in [1.807, 2.05) is 18.8 Å². The van der Waals surface area contributed by atoms with Crippen LogP contribution in [0.1, 0.15) is 50.8 Å². The van der Waals surface area contributed by atoms with Gasteiger partial charge in [-0.15, -0.1) is 24.0 Å². The smallest absolute Gasteiger partial charge is 0.193 e. The fraction of sp³-hybridized carbons (Fsp3) is 0.789. The highest BCUT2D eigenvalue weighted by Crippen LogP contribution is 2.30. The monoisotopic (exact) mass is 493 g/mol. The van der Waals surface area contributed by atoms with Crippen LogP contribution in [0.3, 0.4) is 0 Å². The third kappa shape index (κ3) is 6.60. The van der Waals surface area contributed by atoms with Gasteiger partial charge in [0.05, 0.1) is 18.8 Å². The maximum Gasteiger partial charge on any atom is 0.193 e. The molecule has 0 radical (unpaired) electrons. The van der Waals surface area contributed by atoms with E-state index in [0.717, 1.165) is 37.6 Å². The summed E-state index contributed by atoms with van der Waals surface area (Å²) in [6.45, 7) is 10.1. The van der Waals surface area contributed by atoms with Crippen LogP contribution in [0, 0.1) is 5.41 Å². The molecule has 27 heavy (non-hydrogen) atoms. The lowest BCUT2D eigenvalue weighted by Crippen LogP contribution is -2.41. The Morgan fingerprint density at radius 3 is 2.67 bits per heavy atom. The fourth-order valence-corrected chi connectivity index (χ4v) is 3.38. The number of aryl methyl sites for hydroxylation is 1. The van der Waals surface area contributed by atoms with Gasteiger partial charge in [-0.25, -0.2) is 0 Å². The molecule has 2 rings (SSSR count). The Kier molecular flexibility index (Phi) is 10.0. The van der Waals surface area contributed by atoms with Crippen molar-refractivity contribution in [2.24, 2.45) is 17.5 Å². The molecule has 8 heteroatoms. The van der Waals surface area contributed by atoms with Gasteiger partial charge in [-0.05, 0) is 25.7 Å². The Balaban J connectivity index is 0.00000364. The molecule has 0 spiro atoms. The van der Waals surface area contributed by atoms with E-state index in [4.69, 9.17) is 9.73 Å². The molecule has 1 aromatic heterocycles. The molecule has 1 saturated heterocycles. The van der Waals surface area contributed by atoms with E-state index >= 15 is 0 Å². The number of guanidine groups is 1. The van der Waals surface area contributed by atoms with Gasteiger partial charge >= 0.3 is 0 Å². The minimum Gasteiger partial charge on any atom is -0.396 e. The molecule has 0 amide bonds. The first-order valence-corrected chi connectivity index (χ1v) is 9.61. The number of rotatable bonds is 7. The summed E-state index contributed by atoms with van der Waals surface area (Å²) in [5, 5.41) is 17.9. The molecule has 1 fully saturated rings. The van der Waals surface area contributed by atoms with Gasteiger partial charge in [0, 0.05) is 57.6 Å². The summed E-state index contributed by atoms with van der Waals surface area (Å²) in [6, 6.07) is 0. The Hall–Kier alpha value is -0.870. The lowest BCUT2D eigenvalue weighted by molar-refractivity contribution is -0.0107.